The van der Waals surface area contributed by atoms with Crippen LogP contribution in [0.15, 0.2) is 35.5 Å². The maximum Gasteiger partial charge on any atom is 0.234 e. The number of hydrogen-bond acceptors (Lipinski definition) is 5. The molecular weight excluding hydrogens is 344 g/mol. The smallest absolute Gasteiger partial charge is 0.234 e. The molecule has 1 N–H and O–H groups in total. The fourth-order valence-electron chi connectivity index (χ4n) is 4.12. The molecule has 2 fully saturated rings. The van der Waals surface area contributed by atoms with Crippen LogP contribution in [-0.4, -0.2) is 78.4 Å². The van der Waals surface area contributed by atoms with E-state index in [2.05, 4.69) is 28.7 Å². The van der Waals surface area contributed by atoms with Gasteiger partial charge in [-0.2, -0.15) is 0 Å². The summed E-state index contributed by atoms with van der Waals surface area (Å²) >= 11 is 0. The maximum absolute atomic E-state index is 12.4. The maximum atomic E-state index is 12.4. The lowest BCUT2D eigenvalue weighted by molar-refractivity contribution is -0.130. The third-order valence-electron chi connectivity index (χ3n) is 5.84. The second kappa shape index (κ2) is 8.71. The van der Waals surface area contributed by atoms with Crippen LogP contribution in [-0.2, 0) is 16.1 Å². The highest BCUT2D eigenvalue weighted by molar-refractivity contribution is 5.78. The van der Waals surface area contributed by atoms with E-state index in [0.717, 1.165) is 44.8 Å². The number of likely N-dealkylation sites (tertiary alicyclic amines) is 1. The van der Waals surface area contributed by atoms with Crippen LogP contribution in [0.2, 0.25) is 0 Å². The fraction of sp³-hybridized carbons (Fsp3) is 0.600. The predicted octanol–water partition coefficient (Wildman–Crippen LogP) is 1.08. The summed E-state index contributed by atoms with van der Waals surface area (Å²) in [6, 6.07) is 3.66. The van der Waals surface area contributed by atoms with E-state index >= 15 is 0 Å². The van der Waals surface area contributed by atoms with Gasteiger partial charge in [0.25, 0.3) is 0 Å². The molecule has 7 heteroatoms. The third-order valence-corrected chi connectivity index (χ3v) is 5.84. The molecule has 27 heavy (non-hydrogen) atoms. The van der Waals surface area contributed by atoms with Crippen molar-refractivity contribution in [3.8, 4) is 0 Å². The molecule has 0 saturated carbocycles. The van der Waals surface area contributed by atoms with Gasteiger partial charge in [-0.05, 0) is 32.0 Å². The standard InChI is InChI=1S/C20H30N4O3/c1-3-9-24-10-8-20(7-6-19(24)26)16-23(12-11-22(20)2)15-18(25)21-14-17-5-4-13-27-17/h3-5,13H,1,6-12,14-16H2,2H3,(H,21,25)/t20-/m0/s1. The van der Waals surface area contributed by atoms with Crippen LogP contribution in [0.4, 0.5) is 0 Å². The number of carbonyl (C=O) groups is 2. The van der Waals surface area contributed by atoms with E-state index in [-0.39, 0.29) is 17.4 Å². The summed E-state index contributed by atoms with van der Waals surface area (Å²) in [5.74, 6) is 0.959. The zero-order valence-corrected chi connectivity index (χ0v) is 16.2. The molecule has 1 aromatic rings. The highest BCUT2D eigenvalue weighted by Gasteiger charge is 2.42. The quantitative estimate of drug-likeness (QED) is 0.755. The summed E-state index contributed by atoms with van der Waals surface area (Å²) in [5.41, 5.74) is -0.0505. The van der Waals surface area contributed by atoms with Crippen LogP contribution < -0.4 is 5.32 Å². The van der Waals surface area contributed by atoms with Gasteiger partial charge in [0, 0.05) is 44.7 Å². The molecule has 0 aliphatic carbocycles. The summed E-state index contributed by atoms with van der Waals surface area (Å²) in [6.45, 7) is 8.47. The second-order valence-electron chi connectivity index (χ2n) is 7.59. The molecule has 1 spiro atoms. The monoisotopic (exact) mass is 374 g/mol. The van der Waals surface area contributed by atoms with Crippen LogP contribution >= 0.6 is 0 Å². The Morgan fingerprint density at radius 1 is 1.37 bits per heavy atom. The van der Waals surface area contributed by atoms with Gasteiger partial charge in [0.1, 0.15) is 5.76 Å². The Bertz CT molecular complexity index is 660. The largest absolute Gasteiger partial charge is 0.467 e. The third kappa shape index (κ3) is 4.78. The lowest BCUT2D eigenvalue weighted by Crippen LogP contribution is -2.62. The van der Waals surface area contributed by atoms with Gasteiger partial charge in [0.15, 0.2) is 0 Å². The summed E-state index contributed by atoms with van der Waals surface area (Å²) < 4.78 is 5.25. The minimum Gasteiger partial charge on any atom is -0.467 e. The molecule has 2 aliphatic heterocycles. The number of nitrogens with zero attached hydrogens (tertiary/aromatic N) is 3. The first kappa shape index (κ1) is 19.6. The SMILES string of the molecule is C=CCN1CC[C@@]2(CCC1=O)CN(CC(=O)NCc1ccco1)CCN2C. The number of amides is 2. The van der Waals surface area contributed by atoms with Crippen molar-refractivity contribution in [1.29, 1.82) is 0 Å². The number of nitrogens with one attached hydrogen (secondary N) is 1. The van der Waals surface area contributed by atoms with Crippen LogP contribution in [0.5, 0.6) is 0 Å². The molecule has 148 valence electrons. The normalized spacial score (nSPS) is 24.8. The lowest BCUT2D eigenvalue weighted by Gasteiger charge is -2.49. The first-order valence-corrected chi connectivity index (χ1v) is 9.64. The van der Waals surface area contributed by atoms with Crippen molar-refractivity contribution in [3.05, 3.63) is 36.8 Å². The van der Waals surface area contributed by atoms with Crippen molar-refractivity contribution >= 4 is 11.8 Å². The number of hydrogen-bond donors (Lipinski definition) is 1. The number of likely N-dealkylation sites (N-methyl/N-ethyl adjacent to an activating group) is 1. The molecule has 3 rings (SSSR count). The first-order valence-electron chi connectivity index (χ1n) is 9.64. The summed E-state index contributed by atoms with van der Waals surface area (Å²) in [4.78, 5) is 31.2. The molecular formula is C20H30N4O3. The molecule has 0 aromatic carbocycles. The molecule has 3 heterocycles. The van der Waals surface area contributed by atoms with Gasteiger partial charge < -0.3 is 14.6 Å². The second-order valence-corrected chi connectivity index (χ2v) is 7.59. The first-order chi connectivity index (χ1) is 13.0. The van der Waals surface area contributed by atoms with Crippen LogP contribution in [0.3, 0.4) is 0 Å². The van der Waals surface area contributed by atoms with Gasteiger partial charge >= 0.3 is 0 Å². The molecule has 2 saturated heterocycles. The molecule has 1 atom stereocenters. The fourth-order valence-corrected chi connectivity index (χ4v) is 4.12. The number of rotatable bonds is 6. The summed E-state index contributed by atoms with van der Waals surface area (Å²) in [5, 5.41) is 2.92. The lowest BCUT2D eigenvalue weighted by atomic mass is 9.86. The van der Waals surface area contributed by atoms with E-state index in [4.69, 9.17) is 4.42 Å². The van der Waals surface area contributed by atoms with Crippen molar-refractivity contribution in [2.45, 2.75) is 31.3 Å². The van der Waals surface area contributed by atoms with Gasteiger partial charge in [-0.1, -0.05) is 6.08 Å². The Kier molecular flexibility index (Phi) is 6.34. The van der Waals surface area contributed by atoms with Crippen molar-refractivity contribution in [2.75, 3.05) is 46.3 Å². The molecule has 0 radical (unpaired) electrons. The van der Waals surface area contributed by atoms with Gasteiger partial charge in [-0.25, -0.2) is 0 Å². The van der Waals surface area contributed by atoms with Crippen LogP contribution in [0.25, 0.3) is 0 Å². The zero-order valence-electron chi connectivity index (χ0n) is 16.2. The van der Waals surface area contributed by atoms with E-state index in [9.17, 15) is 9.59 Å². The average Bonchev–Trinajstić information content (AvgIpc) is 3.13. The van der Waals surface area contributed by atoms with Crippen LogP contribution in [0.1, 0.15) is 25.0 Å². The molecule has 0 bridgehead atoms. The summed E-state index contributed by atoms with van der Waals surface area (Å²) in [7, 11) is 2.14. The number of furan rings is 1. The van der Waals surface area contributed by atoms with Crippen molar-refractivity contribution in [2.24, 2.45) is 0 Å². The minimum absolute atomic E-state index is 0.00378. The van der Waals surface area contributed by atoms with E-state index < -0.39 is 0 Å². The molecule has 1 aromatic heterocycles. The Morgan fingerprint density at radius 3 is 2.96 bits per heavy atom. The van der Waals surface area contributed by atoms with E-state index in [1.807, 2.05) is 17.0 Å². The highest BCUT2D eigenvalue weighted by atomic mass is 16.3. The topological polar surface area (TPSA) is 69.0 Å². The Balaban J connectivity index is 1.57. The van der Waals surface area contributed by atoms with Gasteiger partial charge in [-0.3, -0.25) is 19.4 Å². The number of carbonyl (C=O) groups excluding carboxylic acids is 2. The molecule has 0 unspecified atom stereocenters. The Labute approximate surface area is 161 Å². The van der Waals surface area contributed by atoms with E-state index in [1.54, 1.807) is 12.3 Å². The average molecular weight is 374 g/mol. The molecule has 7 nitrogen and oxygen atoms in total. The Hall–Kier alpha value is -2.12. The van der Waals surface area contributed by atoms with Gasteiger partial charge in [0.05, 0.1) is 19.4 Å². The van der Waals surface area contributed by atoms with Crippen molar-refractivity contribution < 1.29 is 14.0 Å². The Morgan fingerprint density at radius 2 is 2.22 bits per heavy atom. The summed E-state index contributed by atoms with van der Waals surface area (Å²) in [6.07, 6.45) is 5.70. The van der Waals surface area contributed by atoms with Crippen LogP contribution in [0, 0.1) is 0 Å². The highest BCUT2D eigenvalue weighted by Crippen LogP contribution is 2.32. The zero-order chi connectivity index (χ0) is 19.3. The molecule has 2 aliphatic rings. The van der Waals surface area contributed by atoms with Crippen molar-refractivity contribution in [1.82, 2.24) is 20.0 Å². The predicted molar refractivity (Wildman–Crippen MR) is 103 cm³/mol. The van der Waals surface area contributed by atoms with Gasteiger partial charge in [-0.15, -0.1) is 6.58 Å². The number of piperazine rings is 1. The van der Waals surface area contributed by atoms with Crippen molar-refractivity contribution in [3.63, 3.8) is 0 Å². The van der Waals surface area contributed by atoms with E-state index in [1.165, 1.54) is 0 Å². The van der Waals surface area contributed by atoms with Gasteiger partial charge in [0.2, 0.25) is 11.8 Å². The van der Waals surface area contributed by atoms with E-state index in [0.29, 0.717) is 26.1 Å². The minimum atomic E-state index is -0.0505. The molecule has 2 amide bonds.